The monoisotopic (exact) mass is 335 g/mol. The number of halogens is 1. The molecule has 1 saturated carbocycles. The molecule has 2 atom stereocenters. The highest BCUT2D eigenvalue weighted by molar-refractivity contribution is 9.09. The summed E-state index contributed by atoms with van der Waals surface area (Å²) in [5.74, 6) is 1.27. The van der Waals surface area contributed by atoms with E-state index < -0.39 is 0 Å². The van der Waals surface area contributed by atoms with Crippen LogP contribution in [0.1, 0.15) is 29.6 Å². The number of aromatic nitrogens is 2. The fourth-order valence-corrected chi connectivity index (χ4v) is 3.87. The van der Waals surface area contributed by atoms with Gasteiger partial charge >= 0.3 is 0 Å². The third-order valence-electron chi connectivity index (χ3n) is 4.21. The third kappa shape index (κ3) is 2.59. The average Bonchev–Trinajstić information content (AvgIpc) is 3.11. The number of pyridine rings is 1. The summed E-state index contributed by atoms with van der Waals surface area (Å²) in [4.78, 5) is 12.3. The van der Waals surface area contributed by atoms with E-state index in [1.165, 1.54) is 19.3 Å². The fraction of sp³-hybridized carbons (Fsp3) is 0.467. The van der Waals surface area contributed by atoms with Gasteiger partial charge in [-0.2, -0.15) is 5.10 Å². The second-order valence-corrected chi connectivity index (χ2v) is 6.05. The summed E-state index contributed by atoms with van der Waals surface area (Å²) in [5, 5.41) is 8.30. The van der Waals surface area contributed by atoms with Crippen LogP contribution in [0.25, 0.3) is 5.52 Å². The summed E-state index contributed by atoms with van der Waals surface area (Å²) in [6.07, 6.45) is 7.24. The van der Waals surface area contributed by atoms with Crippen molar-refractivity contribution >= 4 is 27.4 Å². The highest BCUT2D eigenvalue weighted by atomic mass is 79.9. The molecule has 0 aromatic carbocycles. The molecule has 0 radical (unpaired) electrons. The molecule has 2 unspecified atom stereocenters. The van der Waals surface area contributed by atoms with Gasteiger partial charge in [-0.3, -0.25) is 4.79 Å². The number of carbonyl (C=O) groups excluding carboxylic acids is 1. The molecule has 0 bridgehead atoms. The lowest BCUT2D eigenvalue weighted by molar-refractivity contribution is 0.0946. The molecular formula is C15H18BrN3O. The van der Waals surface area contributed by atoms with Gasteiger partial charge < -0.3 is 5.32 Å². The van der Waals surface area contributed by atoms with Crippen LogP contribution in [0.15, 0.2) is 30.6 Å². The van der Waals surface area contributed by atoms with E-state index in [9.17, 15) is 4.79 Å². The average molecular weight is 336 g/mol. The summed E-state index contributed by atoms with van der Waals surface area (Å²) in [7, 11) is 0. The molecule has 2 aromatic rings. The molecule has 3 rings (SSSR count). The fourth-order valence-electron chi connectivity index (χ4n) is 3.01. The minimum atomic E-state index is -0.0218. The first-order valence-electron chi connectivity index (χ1n) is 7.06. The number of fused-ring (bicyclic) bond motifs is 1. The van der Waals surface area contributed by atoms with Crippen LogP contribution in [0.2, 0.25) is 0 Å². The predicted molar refractivity (Wildman–Crippen MR) is 82.2 cm³/mol. The number of carbonyl (C=O) groups is 1. The normalized spacial score (nSPS) is 22.2. The van der Waals surface area contributed by atoms with E-state index in [-0.39, 0.29) is 5.91 Å². The van der Waals surface area contributed by atoms with Gasteiger partial charge in [-0.1, -0.05) is 28.4 Å². The number of hydrogen-bond acceptors (Lipinski definition) is 2. The zero-order chi connectivity index (χ0) is 13.9. The second kappa shape index (κ2) is 5.95. The van der Waals surface area contributed by atoms with Gasteiger partial charge in [-0.25, -0.2) is 4.52 Å². The lowest BCUT2D eigenvalue weighted by Gasteiger charge is -2.17. The predicted octanol–water partition coefficient (Wildman–Crippen LogP) is 2.88. The number of rotatable bonds is 4. The largest absolute Gasteiger partial charge is 0.352 e. The molecule has 1 fully saturated rings. The Morgan fingerprint density at radius 3 is 3.10 bits per heavy atom. The molecule has 2 aromatic heterocycles. The number of alkyl halides is 1. The molecule has 1 aliphatic carbocycles. The van der Waals surface area contributed by atoms with Crippen molar-refractivity contribution in [2.24, 2.45) is 11.8 Å². The van der Waals surface area contributed by atoms with Gasteiger partial charge in [0.2, 0.25) is 0 Å². The van der Waals surface area contributed by atoms with E-state index in [0.29, 0.717) is 17.4 Å². The van der Waals surface area contributed by atoms with E-state index in [1.807, 2.05) is 24.4 Å². The lowest BCUT2D eigenvalue weighted by Crippen LogP contribution is -2.31. The first-order chi connectivity index (χ1) is 9.79. The van der Waals surface area contributed by atoms with Crippen LogP contribution in [0, 0.1) is 11.8 Å². The molecule has 0 aliphatic heterocycles. The second-order valence-electron chi connectivity index (χ2n) is 5.40. The van der Waals surface area contributed by atoms with Crippen molar-refractivity contribution in [2.75, 3.05) is 11.9 Å². The minimum absolute atomic E-state index is 0.0218. The van der Waals surface area contributed by atoms with E-state index in [2.05, 4.69) is 26.3 Å². The summed E-state index contributed by atoms with van der Waals surface area (Å²) < 4.78 is 1.73. The molecule has 106 valence electrons. The Labute approximate surface area is 126 Å². The number of amides is 1. The quantitative estimate of drug-likeness (QED) is 0.873. The smallest absolute Gasteiger partial charge is 0.255 e. The van der Waals surface area contributed by atoms with Gasteiger partial charge in [0.1, 0.15) is 0 Å². The molecule has 0 spiro atoms. The Balaban J connectivity index is 1.67. The van der Waals surface area contributed by atoms with Crippen molar-refractivity contribution in [2.45, 2.75) is 19.3 Å². The highest BCUT2D eigenvalue weighted by Crippen LogP contribution is 2.32. The maximum atomic E-state index is 12.3. The lowest BCUT2D eigenvalue weighted by atomic mass is 9.98. The van der Waals surface area contributed by atoms with Crippen LogP contribution in [0.3, 0.4) is 0 Å². The SMILES string of the molecule is O=C(NCC1CCCC1CBr)c1cnn2ccccc12. The molecule has 1 amide bonds. The van der Waals surface area contributed by atoms with Crippen LogP contribution >= 0.6 is 15.9 Å². The Morgan fingerprint density at radius 2 is 2.25 bits per heavy atom. The third-order valence-corrected chi connectivity index (χ3v) is 5.04. The Hall–Kier alpha value is -1.36. The van der Waals surface area contributed by atoms with Crippen LogP contribution in [-0.4, -0.2) is 27.4 Å². The maximum absolute atomic E-state index is 12.3. The highest BCUT2D eigenvalue weighted by Gasteiger charge is 2.26. The van der Waals surface area contributed by atoms with E-state index >= 15 is 0 Å². The van der Waals surface area contributed by atoms with Gasteiger partial charge in [-0.05, 0) is 36.8 Å². The van der Waals surface area contributed by atoms with Crippen LogP contribution in [0.5, 0.6) is 0 Å². The summed E-state index contributed by atoms with van der Waals surface area (Å²) in [6, 6.07) is 5.74. The van der Waals surface area contributed by atoms with Gasteiger partial charge in [0, 0.05) is 18.1 Å². The van der Waals surface area contributed by atoms with Gasteiger partial charge in [-0.15, -0.1) is 0 Å². The Morgan fingerprint density at radius 1 is 1.40 bits per heavy atom. The zero-order valence-electron chi connectivity index (χ0n) is 11.3. The maximum Gasteiger partial charge on any atom is 0.255 e. The molecule has 1 N–H and O–H groups in total. The van der Waals surface area contributed by atoms with Gasteiger partial charge in [0.15, 0.2) is 0 Å². The van der Waals surface area contributed by atoms with Crippen molar-refractivity contribution in [3.05, 3.63) is 36.2 Å². The van der Waals surface area contributed by atoms with Crippen LogP contribution in [0.4, 0.5) is 0 Å². The molecule has 1 aliphatic rings. The van der Waals surface area contributed by atoms with Crippen molar-refractivity contribution < 1.29 is 4.79 Å². The van der Waals surface area contributed by atoms with Crippen LogP contribution < -0.4 is 5.32 Å². The standard InChI is InChI=1S/C15H18BrN3O/c16-8-11-4-3-5-12(11)9-17-15(20)13-10-18-19-7-2-1-6-14(13)19/h1-2,6-7,10-12H,3-5,8-9H2,(H,17,20). The topological polar surface area (TPSA) is 46.4 Å². The van der Waals surface area contributed by atoms with Crippen LogP contribution in [-0.2, 0) is 0 Å². The molecule has 5 heteroatoms. The first kappa shape index (κ1) is 13.6. The number of hydrogen-bond donors (Lipinski definition) is 1. The summed E-state index contributed by atoms with van der Waals surface area (Å²) in [5.41, 5.74) is 1.51. The minimum Gasteiger partial charge on any atom is -0.352 e. The van der Waals surface area contributed by atoms with Crippen molar-refractivity contribution in [3.63, 3.8) is 0 Å². The summed E-state index contributed by atoms with van der Waals surface area (Å²) in [6.45, 7) is 0.763. The van der Waals surface area contributed by atoms with Gasteiger partial charge in [0.25, 0.3) is 5.91 Å². The van der Waals surface area contributed by atoms with E-state index in [4.69, 9.17) is 0 Å². The van der Waals surface area contributed by atoms with Crippen molar-refractivity contribution in [3.8, 4) is 0 Å². The van der Waals surface area contributed by atoms with E-state index in [1.54, 1.807) is 10.7 Å². The number of nitrogens with one attached hydrogen (secondary N) is 1. The number of nitrogens with zero attached hydrogens (tertiary/aromatic N) is 2. The first-order valence-corrected chi connectivity index (χ1v) is 8.18. The van der Waals surface area contributed by atoms with Crippen molar-refractivity contribution in [1.82, 2.24) is 14.9 Å². The molecule has 20 heavy (non-hydrogen) atoms. The molecular weight excluding hydrogens is 318 g/mol. The zero-order valence-corrected chi connectivity index (χ0v) is 12.8. The Kier molecular flexibility index (Phi) is 4.05. The van der Waals surface area contributed by atoms with E-state index in [0.717, 1.165) is 17.4 Å². The molecule has 4 nitrogen and oxygen atoms in total. The van der Waals surface area contributed by atoms with Crippen molar-refractivity contribution in [1.29, 1.82) is 0 Å². The Bertz CT molecular complexity index is 610. The molecule has 0 saturated heterocycles. The molecule has 2 heterocycles. The summed E-state index contributed by atoms with van der Waals surface area (Å²) >= 11 is 3.57. The van der Waals surface area contributed by atoms with Gasteiger partial charge in [0.05, 0.1) is 17.3 Å².